The van der Waals surface area contributed by atoms with Crippen molar-refractivity contribution >= 4 is 11.9 Å². The third-order valence-electron chi connectivity index (χ3n) is 3.01. The predicted octanol–water partition coefficient (Wildman–Crippen LogP) is 0.814. The molecule has 0 aliphatic heterocycles. The van der Waals surface area contributed by atoms with Gasteiger partial charge in [-0.05, 0) is 45.4 Å². The summed E-state index contributed by atoms with van der Waals surface area (Å²) in [4.78, 5) is 24.2. The zero-order chi connectivity index (χ0) is 17.8. The number of phenols is 2. The first-order chi connectivity index (χ1) is 10.5. The van der Waals surface area contributed by atoms with E-state index in [-0.39, 0.29) is 24.0 Å². The molecule has 0 bridgehead atoms. The van der Waals surface area contributed by atoms with Gasteiger partial charge in [0.15, 0.2) is 11.5 Å². The topological polar surface area (TPSA) is 122 Å². The minimum absolute atomic E-state index is 0.0984. The van der Waals surface area contributed by atoms with Crippen molar-refractivity contribution in [2.75, 3.05) is 0 Å². The predicted molar refractivity (Wildman–Crippen MR) is 84.9 cm³/mol. The van der Waals surface area contributed by atoms with E-state index in [0.29, 0.717) is 5.56 Å². The molecule has 0 heterocycles. The molecule has 1 aromatic carbocycles. The summed E-state index contributed by atoms with van der Waals surface area (Å²) < 4.78 is 5.15. The number of carbonyl (C=O) groups excluding carboxylic acids is 2. The smallest absolute Gasteiger partial charge is 0.329 e. The molecule has 1 rings (SSSR count). The van der Waals surface area contributed by atoms with Gasteiger partial charge in [-0.2, -0.15) is 0 Å². The lowest BCUT2D eigenvalue weighted by atomic mass is 10.0. The second-order valence-electron chi connectivity index (χ2n) is 6.26. The summed E-state index contributed by atoms with van der Waals surface area (Å²) >= 11 is 0. The van der Waals surface area contributed by atoms with Crippen LogP contribution in [0.15, 0.2) is 18.2 Å². The Balaban J connectivity index is 2.96. The standard InChI is InChI=1S/C16H24N2O5/c1-9(2)23-14(21)11(18-15(22)16(3,4)17)7-10-5-6-12(19)13(20)8-10/h5-6,8-9,11,19-20H,7,17H2,1-4H3,(H,18,22)/t11-/m0/s1. The summed E-state index contributed by atoms with van der Waals surface area (Å²) in [5.74, 6) is -1.65. The van der Waals surface area contributed by atoms with E-state index in [9.17, 15) is 19.8 Å². The van der Waals surface area contributed by atoms with E-state index in [1.807, 2.05) is 0 Å². The van der Waals surface area contributed by atoms with Crippen LogP contribution >= 0.6 is 0 Å². The molecular weight excluding hydrogens is 300 g/mol. The lowest BCUT2D eigenvalue weighted by Gasteiger charge is -2.24. The molecule has 1 atom stereocenters. The van der Waals surface area contributed by atoms with Crippen LogP contribution in [0.25, 0.3) is 0 Å². The van der Waals surface area contributed by atoms with Crippen molar-refractivity contribution in [3.05, 3.63) is 23.8 Å². The van der Waals surface area contributed by atoms with Gasteiger partial charge in [-0.3, -0.25) is 4.79 Å². The Morgan fingerprint density at radius 1 is 1.26 bits per heavy atom. The van der Waals surface area contributed by atoms with Gasteiger partial charge in [-0.15, -0.1) is 0 Å². The molecule has 128 valence electrons. The quantitative estimate of drug-likeness (QED) is 0.454. The zero-order valence-corrected chi connectivity index (χ0v) is 13.8. The Hall–Kier alpha value is -2.28. The summed E-state index contributed by atoms with van der Waals surface area (Å²) in [5.41, 5.74) is 5.14. The van der Waals surface area contributed by atoms with Crippen LogP contribution in [0.2, 0.25) is 0 Å². The molecule has 0 aliphatic rings. The number of hydrogen-bond acceptors (Lipinski definition) is 6. The van der Waals surface area contributed by atoms with Crippen molar-refractivity contribution in [3.63, 3.8) is 0 Å². The van der Waals surface area contributed by atoms with Gasteiger partial charge in [0.1, 0.15) is 6.04 Å². The second-order valence-corrected chi connectivity index (χ2v) is 6.26. The normalized spacial score (nSPS) is 12.8. The molecule has 1 amide bonds. The van der Waals surface area contributed by atoms with E-state index >= 15 is 0 Å². The fourth-order valence-electron chi connectivity index (χ4n) is 1.78. The number of aromatic hydroxyl groups is 2. The van der Waals surface area contributed by atoms with Crippen molar-refractivity contribution in [2.24, 2.45) is 5.73 Å². The first-order valence-corrected chi connectivity index (χ1v) is 7.32. The number of esters is 1. The second kappa shape index (κ2) is 7.32. The van der Waals surface area contributed by atoms with E-state index in [0.717, 1.165) is 0 Å². The van der Waals surface area contributed by atoms with Gasteiger partial charge in [0, 0.05) is 6.42 Å². The monoisotopic (exact) mass is 324 g/mol. The van der Waals surface area contributed by atoms with Gasteiger partial charge in [0.2, 0.25) is 5.91 Å². The van der Waals surface area contributed by atoms with Gasteiger partial charge in [-0.25, -0.2) is 4.79 Å². The van der Waals surface area contributed by atoms with E-state index in [4.69, 9.17) is 10.5 Å². The molecule has 7 heteroatoms. The average Bonchev–Trinajstić information content (AvgIpc) is 2.40. The number of hydrogen-bond donors (Lipinski definition) is 4. The summed E-state index contributed by atoms with van der Waals surface area (Å²) in [6, 6.07) is 3.23. The Kier molecular flexibility index (Phi) is 5.98. The Bertz CT molecular complexity index is 578. The largest absolute Gasteiger partial charge is 0.504 e. The Labute approximate surface area is 135 Å². The average molecular weight is 324 g/mol. The molecule has 7 nitrogen and oxygen atoms in total. The van der Waals surface area contributed by atoms with Crippen LogP contribution in [0, 0.1) is 0 Å². The number of amides is 1. The summed E-state index contributed by atoms with van der Waals surface area (Å²) in [6.07, 6.45) is -0.234. The fraction of sp³-hybridized carbons (Fsp3) is 0.500. The van der Waals surface area contributed by atoms with Crippen LogP contribution in [0.3, 0.4) is 0 Å². The SMILES string of the molecule is CC(C)OC(=O)[C@H](Cc1ccc(O)c(O)c1)NC(=O)C(C)(C)N. The number of rotatable bonds is 6. The first kappa shape index (κ1) is 18.8. The summed E-state index contributed by atoms with van der Waals surface area (Å²) in [6.45, 7) is 6.46. The van der Waals surface area contributed by atoms with Crippen molar-refractivity contribution < 1.29 is 24.5 Å². The Morgan fingerprint density at radius 3 is 2.35 bits per heavy atom. The van der Waals surface area contributed by atoms with Crippen LogP contribution in [0.4, 0.5) is 0 Å². The lowest BCUT2D eigenvalue weighted by Crippen LogP contribution is -2.55. The highest BCUT2D eigenvalue weighted by Gasteiger charge is 2.29. The van der Waals surface area contributed by atoms with Crippen LogP contribution in [0.5, 0.6) is 11.5 Å². The highest BCUT2D eigenvalue weighted by Crippen LogP contribution is 2.25. The fourth-order valence-corrected chi connectivity index (χ4v) is 1.78. The zero-order valence-electron chi connectivity index (χ0n) is 13.8. The van der Waals surface area contributed by atoms with E-state index in [2.05, 4.69) is 5.32 Å². The van der Waals surface area contributed by atoms with Gasteiger partial charge in [0.25, 0.3) is 0 Å². The number of ether oxygens (including phenoxy) is 1. The van der Waals surface area contributed by atoms with Gasteiger partial charge >= 0.3 is 5.97 Å². The molecule has 23 heavy (non-hydrogen) atoms. The van der Waals surface area contributed by atoms with Crippen molar-refractivity contribution in [2.45, 2.75) is 51.8 Å². The van der Waals surface area contributed by atoms with Gasteiger partial charge in [0.05, 0.1) is 11.6 Å². The molecule has 0 fully saturated rings. The minimum atomic E-state index is -1.15. The van der Waals surface area contributed by atoms with Crippen LogP contribution in [-0.2, 0) is 20.7 Å². The molecule has 5 N–H and O–H groups in total. The third-order valence-corrected chi connectivity index (χ3v) is 3.01. The van der Waals surface area contributed by atoms with Gasteiger partial charge < -0.3 is 26.0 Å². The van der Waals surface area contributed by atoms with E-state index < -0.39 is 23.5 Å². The minimum Gasteiger partial charge on any atom is -0.504 e. The molecule has 0 saturated heterocycles. The summed E-state index contributed by atoms with van der Waals surface area (Å²) in [7, 11) is 0. The van der Waals surface area contributed by atoms with Crippen molar-refractivity contribution in [1.82, 2.24) is 5.32 Å². The first-order valence-electron chi connectivity index (χ1n) is 7.32. The lowest BCUT2D eigenvalue weighted by molar-refractivity contribution is -0.151. The number of phenolic OH excluding ortho intramolecular Hbond substituents is 2. The maximum Gasteiger partial charge on any atom is 0.329 e. The van der Waals surface area contributed by atoms with Crippen LogP contribution in [0.1, 0.15) is 33.3 Å². The van der Waals surface area contributed by atoms with Crippen LogP contribution in [-0.4, -0.2) is 39.8 Å². The maximum absolute atomic E-state index is 12.2. The molecule has 0 aromatic heterocycles. The highest BCUT2D eigenvalue weighted by molar-refractivity contribution is 5.89. The molecule has 0 aliphatic carbocycles. The number of benzene rings is 1. The number of nitrogens with one attached hydrogen (secondary N) is 1. The molecule has 0 spiro atoms. The molecule has 0 saturated carbocycles. The number of carbonyl (C=O) groups is 2. The van der Waals surface area contributed by atoms with Crippen molar-refractivity contribution in [1.29, 1.82) is 0 Å². The van der Waals surface area contributed by atoms with E-state index in [1.54, 1.807) is 19.9 Å². The molecule has 0 radical (unpaired) electrons. The van der Waals surface area contributed by atoms with Crippen molar-refractivity contribution in [3.8, 4) is 11.5 Å². The third kappa shape index (κ3) is 5.78. The Morgan fingerprint density at radius 2 is 1.87 bits per heavy atom. The highest BCUT2D eigenvalue weighted by atomic mass is 16.5. The van der Waals surface area contributed by atoms with Gasteiger partial charge in [-0.1, -0.05) is 6.07 Å². The van der Waals surface area contributed by atoms with E-state index in [1.165, 1.54) is 26.0 Å². The molecular formula is C16H24N2O5. The number of nitrogens with two attached hydrogens (primary N) is 1. The summed E-state index contributed by atoms with van der Waals surface area (Å²) in [5, 5.41) is 21.4. The van der Waals surface area contributed by atoms with Crippen LogP contribution < -0.4 is 11.1 Å². The maximum atomic E-state index is 12.2. The molecule has 1 aromatic rings. The molecule has 0 unspecified atom stereocenters.